The molecule has 3 N–H and O–H groups in total. The normalized spacial score (nSPS) is 17.7. The number of carbonyl (C=O) groups excluding carboxylic acids is 1. The van der Waals surface area contributed by atoms with Gasteiger partial charge in [0, 0.05) is 25.7 Å². The molecule has 7 heteroatoms. The first-order valence-corrected chi connectivity index (χ1v) is 8.89. The molecular formula is C19H33Cl2N3O2. The van der Waals surface area contributed by atoms with Crippen molar-refractivity contribution in [2.75, 3.05) is 26.2 Å². The third-order valence-electron chi connectivity index (χ3n) is 4.63. The van der Waals surface area contributed by atoms with Crippen molar-refractivity contribution in [3.63, 3.8) is 0 Å². The monoisotopic (exact) mass is 405 g/mol. The number of rotatable bonds is 7. The van der Waals surface area contributed by atoms with E-state index in [0.29, 0.717) is 0 Å². The minimum atomic E-state index is -0.997. The SMILES string of the molecule is CC(C)OCCN1CCC(NC(=O)C(C)(N)c2ccccc2)CC1.Cl.Cl. The van der Waals surface area contributed by atoms with E-state index in [2.05, 4.69) is 24.1 Å². The zero-order chi connectivity index (χ0) is 17.6. The van der Waals surface area contributed by atoms with E-state index in [1.165, 1.54) is 0 Å². The molecule has 0 radical (unpaired) electrons. The van der Waals surface area contributed by atoms with Crippen LogP contribution in [0.25, 0.3) is 0 Å². The molecule has 1 saturated heterocycles. The second kappa shape index (κ2) is 11.8. The van der Waals surface area contributed by atoms with Crippen molar-refractivity contribution in [1.29, 1.82) is 0 Å². The van der Waals surface area contributed by atoms with Crippen LogP contribution in [0.1, 0.15) is 39.2 Å². The molecule has 0 aromatic heterocycles. The molecule has 1 atom stereocenters. The summed E-state index contributed by atoms with van der Waals surface area (Å²) in [5.74, 6) is -0.102. The maximum atomic E-state index is 12.6. The van der Waals surface area contributed by atoms with Crippen molar-refractivity contribution in [2.45, 2.75) is 51.3 Å². The smallest absolute Gasteiger partial charge is 0.244 e. The third-order valence-corrected chi connectivity index (χ3v) is 4.63. The summed E-state index contributed by atoms with van der Waals surface area (Å²) in [5, 5.41) is 3.13. The van der Waals surface area contributed by atoms with Gasteiger partial charge in [-0.1, -0.05) is 30.3 Å². The Morgan fingerprint density at radius 2 is 1.85 bits per heavy atom. The molecule has 1 amide bonds. The molecule has 0 saturated carbocycles. The Balaban J connectivity index is 0.00000312. The molecule has 150 valence electrons. The fraction of sp³-hybridized carbons (Fsp3) is 0.632. The molecule has 1 aromatic rings. The maximum Gasteiger partial charge on any atom is 0.244 e. The van der Waals surface area contributed by atoms with Crippen LogP contribution in [-0.2, 0) is 15.1 Å². The summed E-state index contributed by atoms with van der Waals surface area (Å²) in [4.78, 5) is 15.0. The van der Waals surface area contributed by atoms with Gasteiger partial charge in [-0.3, -0.25) is 4.79 Å². The van der Waals surface area contributed by atoms with Crippen molar-refractivity contribution in [3.05, 3.63) is 35.9 Å². The van der Waals surface area contributed by atoms with Crippen molar-refractivity contribution >= 4 is 30.7 Å². The molecule has 1 unspecified atom stereocenters. The number of piperidine rings is 1. The molecule has 1 fully saturated rings. The van der Waals surface area contributed by atoms with Gasteiger partial charge in [-0.05, 0) is 39.2 Å². The van der Waals surface area contributed by atoms with Gasteiger partial charge >= 0.3 is 0 Å². The number of amides is 1. The Morgan fingerprint density at radius 1 is 1.27 bits per heavy atom. The minimum absolute atomic E-state index is 0. The predicted octanol–water partition coefficient (Wildman–Crippen LogP) is 2.71. The minimum Gasteiger partial charge on any atom is -0.377 e. The number of nitrogens with one attached hydrogen (secondary N) is 1. The number of carbonyl (C=O) groups is 1. The predicted molar refractivity (Wildman–Crippen MR) is 111 cm³/mol. The van der Waals surface area contributed by atoms with Gasteiger partial charge in [-0.15, -0.1) is 24.8 Å². The summed E-state index contributed by atoms with van der Waals surface area (Å²) >= 11 is 0. The molecule has 0 aliphatic carbocycles. The number of ether oxygens (including phenoxy) is 1. The van der Waals surface area contributed by atoms with E-state index in [9.17, 15) is 4.79 Å². The Bertz CT molecular complexity index is 519. The summed E-state index contributed by atoms with van der Waals surface area (Å²) in [5.41, 5.74) is 6.12. The zero-order valence-corrected chi connectivity index (χ0v) is 17.6. The molecule has 1 aliphatic rings. The molecule has 26 heavy (non-hydrogen) atoms. The Labute approximate surface area is 169 Å². The Hall–Kier alpha value is -0.850. The molecule has 0 bridgehead atoms. The molecule has 0 spiro atoms. The number of likely N-dealkylation sites (tertiary alicyclic amines) is 1. The zero-order valence-electron chi connectivity index (χ0n) is 15.9. The van der Waals surface area contributed by atoms with Crippen LogP contribution in [0.3, 0.4) is 0 Å². The molecular weight excluding hydrogens is 373 g/mol. The summed E-state index contributed by atoms with van der Waals surface area (Å²) in [7, 11) is 0. The van der Waals surface area contributed by atoms with E-state index in [-0.39, 0.29) is 42.9 Å². The van der Waals surface area contributed by atoms with Crippen LogP contribution in [0.2, 0.25) is 0 Å². The maximum absolute atomic E-state index is 12.6. The number of hydrogen-bond acceptors (Lipinski definition) is 4. The highest BCUT2D eigenvalue weighted by Crippen LogP contribution is 2.19. The highest BCUT2D eigenvalue weighted by atomic mass is 35.5. The lowest BCUT2D eigenvalue weighted by Crippen LogP contribution is -2.54. The van der Waals surface area contributed by atoms with Crippen LogP contribution in [-0.4, -0.2) is 49.2 Å². The molecule has 1 aromatic carbocycles. The quantitative estimate of drug-likeness (QED) is 0.731. The number of nitrogens with two attached hydrogens (primary N) is 1. The average Bonchev–Trinajstić information content (AvgIpc) is 2.57. The second-order valence-electron chi connectivity index (χ2n) is 7.08. The van der Waals surface area contributed by atoms with Crippen molar-refractivity contribution in [1.82, 2.24) is 10.2 Å². The Morgan fingerprint density at radius 3 is 2.38 bits per heavy atom. The van der Waals surface area contributed by atoms with E-state index in [1.54, 1.807) is 6.92 Å². The number of benzene rings is 1. The summed E-state index contributed by atoms with van der Waals surface area (Å²) in [6.07, 6.45) is 2.19. The van der Waals surface area contributed by atoms with E-state index < -0.39 is 5.54 Å². The van der Waals surface area contributed by atoms with Crippen molar-refractivity contribution in [3.8, 4) is 0 Å². The van der Waals surface area contributed by atoms with Gasteiger partial charge in [0.05, 0.1) is 12.7 Å². The molecule has 2 rings (SSSR count). The van der Waals surface area contributed by atoms with Crippen LogP contribution in [0, 0.1) is 0 Å². The van der Waals surface area contributed by atoms with Gasteiger partial charge in [0.1, 0.15) is 5.54 Å². The topological polar surface area (TPSA) is 67.6 Å². The number of nitrogens with zero attached hydrogens (tertiary/aromatic N) is 1. The lowest BCUT2D eigenvalue weighted by atomic mass is 9.91. The fourth-order valence-electron chi connectivity index (χ4n) is 2.97. The van der Waals surface area contributed by atoms with Crippen LogP contribution >= 0.6 is 24.8 Å². The first-order chi connectivity index (χ1) is 11.4. The third kappa shape index (κ3) is 7.41. The molecule has 1 aliphatic heterocycles. The second-order valence-corrected chi connectivity index (χ2v) is 7.08. The summed E-state index contributed by atoms with van der Waals surface area (Å²) in [6.45, 7) is 9.58. The van der Waals surface area contributed by atoms with E-state index in [4.69, 9.17) is 10.5 Å². The Kier molecular flexibility index (Phi) is 11.4. The lowest BCUT2D eigenvalue weighted by molar-refractivity contribution is -0.127. The van der Waals surface area contributed by atoms with Crippen LogP contribution < -0.4 is 11.1 Å². The first-order valence-electron chi connectivity index (χ1n) is 8.89. The van der Waals surface area contributed by atoms with Crippen molar-refractivity contribution in [2.24, 2.45) is 5.73 Å². The van der Waals surface area contributed by atoms with Crippen LogP contribution in [0.5, 0.6) is 0 Å². The summed E-state index contributed by atoms with van der Waals surface area (Å²) in [6, 6.07) is 9.74. The van der Waals surface area contributed by atoms with Gasteiger partial charge in [0.25, 0.3) is 0 Å². The van der Waals surface area contributed by atoms with Gasteiger partial charge in [0.2, 0.25) is 5.91 Å². The lowest BCUT2D eigenvalue weighted by Gasteiger charge is -2.34. The number of hydrogen-bond donors (Lipinski definition) is 2. The molecule has 1 heterocycles. The number of halogens is 2. The van der Waals surface area contributed by atoms with E-state index >= 15 is 0 Å². The van der Waals surface area contributed by atoms with Crippen LogP contribution in [0.15, 0.2) is 30.3 Å². The van der Waals surface area contributed by atoms with Crippen LogP contribution in [0.4, 0.5) is 0 Å². The highest BCUT2D eigenvalue weighted by molar-refractivity contribution is 5.87. The highest BCUT2D eigenvalue weighted by Gasteiger charge is 2.32. The first kappa shape index (κ1) is 25.1. The van der Waals surface area contributed by atoms with E-state index in [0.717, 1.165) is 44.6 Å². The van der Waals surface area contributed by atoms with E-state index in [1.807, 2.05) is 30.3 Å². The van der Waals surface area contributed by atoms with Gasteiger partial charge in [-0.2, -0.15) is 0 Å². The fourth-order valence-corrected chi connectivity index (χ4v) is 2.97. The standard InChI is InChI=1S/C19H31N3O2.2ClH/c1-15(2)24-14-13-22-11-9-17(10-12-22)21-18(23)19(3,20)16-7-5-4-6-8-16;;/h4-8,15,17H,9-14,20H2,1-3H3,(H,21,23);2*1H. The van der Waals surface area contributed by atoms with Gasteiger partial charge < -0.3 is 20.7 Å². The van der Waals surface area contributed by atoms with Gasteiger partial charge in [0.15, 0.2) is 0 Å². The van der Waals surface area contributed by atoms with Crippen molar-refractivity contribution < 1.29 is 9.53 Å². The van der Waals surface area contributed by atoms with Gasteiger partial charge in [-0.25, -0.2) is 0 Å². The summed E-state index contributed by atoms with van der Waals surface area (Å²) < 4.78 is 5.60. The molecule has 5 nitrogen and oxygen atoms in total. The largest absolute Gasteiger partial charge is 0.377 e. The average molecular weight is 406 g/mol.